The zero-order chi connectivity index (χ0) is 21.5. The van der Waals surface area contributed by atoms with Gasteiger partial charge < -0.3 is 19.5 Å². The maximum absolute atomic E-state index is 13.4. The van der Waals surface area contributed by atoms with Crippen molar-refractivity contribution in [3.8, 4) is 11.5 Å². The molecule has 0 radical (unpaired) electrons. The lowest BCUT2D eigenvalue weighted by Crippen LogP contribution is -2.40. The van der Waals surface area contributed by atoms with Crippen molar-refractivity contribution in [2.45, 2.75) is 18.1 Å². The molecule has 1 fully saturated rings. The Bertz CT molecular complexity index is 812. The van der Waals surface area contributed by atoms with E-state index in [-0.39, 0.29) is 23.6 Å². The number of rotatable bonds is 9. The van der Waals surface area contributed by atoms with Gasteiger partial charge in [-0.15, -0.1) is 12.4 Å². The predicted molar refractivity (Wildman–Crippen MR) is 125 cm³/mol. The molecule has 0 bridgehead atoms. The Morgan fingerprint density at radius 2 is 1.58 bits per heavy atom. The summed E-state index contributed by atoms with van der Waals surface area (Å²) in [6.07, 6.45) is 1.58. The monoisotopic (exact) mass is 467 g/mol. The molecule has 0 aromatic heterocycles. The van der Waals surface area contributed by atoms with Crippen LogP contribution in [0.3, 0.4) is 0 Å². The number of halogens is 1. The number of carboxylic acids is 1. The second-order valence-electron chi connectivity index (χ2n) is 7.49. The lowest BCUT2D eigenvalue weighted by atomic mass is 9.98. The first-order valence-electron chi connectivity index (χ1n) is 10.1. The first kappa shape index (κ1) is 25.2. The van der Waals surface area contributed by atoms with Gasteiger partial charge in [-0.2, -0.15) is 0 Å². The quantitative estimate of drug-likeness (QED) is 0.605. The number of benzene rings is 2. The highest BCUT2D eigenvalue weighted by Gasteiger charge is 2.27. The molecule has 170 valence electrons. The summed E-state index contributed by atoms with van der Waals surface area (Å²) in [5.74, 6) is 0.924. The van der Waals surface area contributed by atoms with Crippen molar-refractivity contribution in [1.29, 1.82) is 0 Å². The van der Waals surface area contributed by atoms with Crippen molar-refractivity contribution >= 4 is 29.2 Å². The molecular weight excluding hydrogens is 438 g/mol. The summed E-state index contributed by atoms with van der Waals surface area (Å²) < 4.78 is 23.9. The second kappa shape index (κ2) is 12.1. The van der Waals surface area contributed by atoms with Crippen molar-refractivity contribution in [2.24, 2.45) is 5.92 Å². The minimum atomic E-state index is -1.17. The standard InChI is InChI=1S/C23H29NO5S.ClH/c1-28-20-9-5-17(6-10-20)22(18-7-11-21(29-2)12-8-18)30(27)15-14-24-13-3-4-19(16-24)23(25)26;/h5-12,19,22H,3-4,13-16H2,1-2H3,(H,25,26);1H/t19-,30?;/m1./s1. The number of nitrogens with zero attached hydrogens (tertiary/aromatic N) is 1. The number of hydrogen-bond donors (Lipinski definition) is 1. The third kappa shape index (κ3) is 6.69. The summed E-state index contributed by atoms with van der Waals surface area (Å²) >= 11 is 0. The molecule has 3 rings (SSSR count). The normalized spacial score (nSPS) is 17.6. The van der Waals surface area contributed by atoms with Crippen molar-refractivity contribution in [2.75, 3.05) is 39.6 Å². The average molecular weight is 468 g/mol. The Morgan fingerprint density at radius 3 is 2.03 bits per heavy atom. The third-order valence-electron chi connectivity index (χ3n) is 5.56. The van der Waals surface area contributed by atoms with Gasteiger partial charge in [0.15, 0.2) is 0 Å². The average Bonchev–Trinajstić information content (AvgIpc) is 2.79. The van der Waals surface area contributed by atoms with Crippen molar-refractivity contribution < 1.29 is 23.6 Å². The number of carboxylic acid groups (broad SMARTS) is 1. The van der Waals surface area contributed by atoms with Crippen LogP contribution >= 0.6 is 12.4 Å². The molecule has 1 unspecified atom stereocenters. The minimum absolute atomic E-state index is 0. The highest BCUT2D eigenvalue weighted by Crippen LogP contribution is 2.31. The predicted octanol–water partition coefficient (Wildman–Crippen LogP) is 3.76. The first-order chi connectivity index (χ1) is 14.5. The van der Waals surface area contributed by atoms with E-state index >= 15 is 0 Å². The van der Waals surface area contributed by atoms with Gasteiger partial charge >= 0.3 is 5.97 Å². The number of hydrogen-bond acceptors (Lipinski definition) is 5. The van der Waals surface area contributed by atoms with Crippen LogP contribution < -0.4 is 9.47 Å². The molecule has 0 saturated carbocycles. The molecular formula is C23H30ClNO5S. The Labute approximate surface area is 192 Å². The van der Waals surface area contributed by atoms with Gasteiger partial charge in [0.1, 0.15) is 11.5 Å². The molecule has 0 aliphatic carbocycles. The largest absolute Gasteiger partial charge is 0.497 e. The van der Waals surface area contributed by atoms with E-state index < -0.39 is 16.8 Å². The van der Waals surface area contributed by atoms with E-state index in [1.165, 1.54) is 0 Å². The number of piperidine rings is 1. The van der Waals surface area contributed by atoms with Gasteiger partial charge in [-0.1, -0.05) is 24.3 Å². The summed E-state index contributed by atoms with van der Waals surface area (Å²) in [6.45, 7) is 2.01. The smallest absolute Gasteiger partial charge is 0.307 e. The molecule has 6 nitrogen and oxygen atoms in total. The molecule has 8 heteroatoms. The molecule has 1 aliphatic heterocycles. The first-order valence-corrected chi connectivity index (χ1v) is 11.5. The van der Waals surface area contributed by atoms with Crippen LogP contribution in [0.2, 0.25) is 0 Å². The molecule has 1 aliphatic rings. The maximum atomic E-state index is 13.4. The van der Waals surface area contributed by atoms with E-state index in [1.807, 2.05) is 48.5 Å². The van der Waals surface area contributed by atoms with E-state index in [1.54, 1.807) is 14.2 Å². The lowest BCUT2D eigenvalue weighted by molar-refractivity contribution is -0.143. The zero-order valence-corrected chi connectivity index (χ0v) is 19.5. The molecule has 0 amide bonds. The van der Waals surface area contributed by atoms with Crippen LogP contribution in [0.15, 0.2) is 48.5 Å². The summed E-state index contributed by atoms with van der Waals surface area (Å²) in [5.41, 5.74) is 1.92. The van der Waals surface area contributed by atoms with Crippen LogP contribution in [0.1, 0.15) is 29.2 Å². The van der Waals surface area contributed by atoms with Gasteiger partial charge in [-0.25, -0.2) is 0 Å². The van der Waals surface area contributed by atoms with Gasteiger partial charge in [0, 0.05) is 29.6 Å². The van der Waals surface area contributed by atoms with Crippen LogP contribution in [0.4, 0.5) is 0 Å². The van der Waals surface area contributed by atoms with Crippen LogP contribution in [-0.2, 0) is 15.6 Å². The van der Waals surface area contributed by atoms with Crippen molar-refractivity contribution in [3.05, 3.63) is 59.7 Å². The van der Waals surface area contributed by atoms with Crippen LogP contribution in [0.5, 0.6) is 11.5 Å². The molecule has 2 aromatic carbocycles. The number of ether oxygens (including phenoxy) is 2. The minimum Gasteiger partial charge on any atom is -0.497 e. The summed E-state index contributed by atoms with van der Waals surface area (Å²) in [4.78, 5) is 13.4. The molecule has 31 heavy (non-hydrogen) atoms. The molecule has 2 aromatic rings. The summed E-state index contributed by atoms with van der Waals surface area (Å²) in [6, 6.07) is 15.3. The SMILES string of the molecule is COc1ccc(C(c2ccc(OC)cc2)S(=O)CCN2CCC[C@@H](C(=O)O)C2)cc1.Cl. The third-order valence-corrected chi connectivity index (χ3v) is 7.22. The van der Waals surface area contributed by atoms with E-state index in [9.17, 15) is 14.1 Å². The van der Waals surface area contributed by atoms with Gasteiger partial charge in [-0.3, -0.25) is 9.00 Å². The number of methoxy groups -OCH3 is 2. The van der Waals surface area contributed by atoms with Crippen LogP contribution in [0.25, 0.3) is 0 Å². The number of likely N-dealkylation sites (tertiary alicyclic amines) is 1. The fourth-order valence-electron chi connectivity index (χ4n) is 3.85. The lowest BCUT2D eigenvalue weighted by Gasteiger charge is -2.30. The highest BCUT2D eigenvalue weighted by molar-refractivity contribution is 7.85. The second-order valence-corrected chi connectivity index (χ2v) is 9.13. The number of aliphatic carboxylic acids is 1. The van der Waals surface area contributed by atoms with Gasteiger partial charge in [0.25, 0.3) is 0 Å². The van der Waals surface area contributed by atoms with Gasteiger partial charge in [0.2, 0.25) is 0 Å². The topological polar surface area (TPSA) is 76.1 Å². The Kier molecular flexibility index (Phi) is 9.81. The molecule has 1 heterocycles. The molecule has 0 spiro atoms. The van der Waals surface area contributed by atoms with E-state index in [4.69, 9.17) is 9.47 Å². The fourth-order valence-corrected chi connectivity index (χ4v) is 5.45. The Balaban J connectivity index is 0.00000341. The van der Waals surface area contributed by atoms with Crippen molar-refractivity contribution in [3.63, 3.8) is 0 Å². The molecule has 1 saturated heterocycles. The molecule has 2 atom stereocenters. The van der Waals surface area contributed by atoms with E-state index in [2.05, 4.69) is 4.90 Å². The Morgan fingerprint density at radius 1 is 1.06 bits per heavy atom. The van der Waals surface area contributed by atoms with Gasteiger partial charge in [0.05, 0.1) is 25.4 Å². The molecule has 1 N–H and O–H groups in total. The summed E-state index contributed by atoms with van der Waals surface area (Å²) in [7, 11) is 2.07. The maximum Gasteiger partial charge on any atom is 0.307 e. The Hall–Kier alpha value is -2.09. The highest BCUT2D eigenvalue weighted by atomic mass is 35.5. The van der Waals surface area contributed by atoms with Crippen LogP contribution in [-0.4, -0.2) is 59.8 Å². The zero-order valence-electron chi connectivity index (χ0n) is 17.9. The number of carbonyl (C=O) groups is 1. The van der Waals surface area contributed by atoms with E-state index in [0.717, 1.165) is 42.0 Å². The summed E-state index contributed by atoms with van der Waals surface area (Å²) in [5, 5.41) is 9.02. The van der Waals surface area contributed by atoms with Crippen LogP contribution in [0, 0.1) is 5.92 Å². The fraction of sp³-hybridized carbons (Fsp3) is 0.435. The van der Waals surface area contributed by atoms with Crippen molar-refractivity contribution in [1.82, 2.24) is 4.90 Å². The van der Waals surface area contributed by atoms with Gasteiger partial charge in [-0.05, 0) is 54.8 Å². The van der Waals surface area contributed by atoms with E-state index in [0.29, 0.717) is 18.8 Å².